The lowest BCUT2D eigenvalue weighted by atomic mass is 10.0. The van der Waals surface area contributed by atoms with Crippen molar-refractivity contribution in [2.45, 2.75) is 0 Å². The van der Waals surface area contributed by atoms with Crippen molar-refractivity contribution in [1.29, 1.82) is 0 Å². The van der Waals surface area contributed by atoms with Gasteiger partial charge in [-0.3, -0.25) is 9.78 Å². The molecule has 1 aromatic heterocycles. The number of nitrogens with two attached hydrogens (primary N) is 1. The van der Waals surface area contributed by atoms with Crippen LogP contribution >= 0.6 is 11.6 Å². The number of hydrogen-bond acceptors (Lipinski definition) is 4. The number of aromatic amines is 1. The third kappa shape index (κ3) is 2.19. The van der Waals surface area contributed by atoms with Crippen LogP contribution in [0.4, 0.5) is 5.69 Å². The van der Waals surface area contributed by atoms with E-state index in [1.54, 1.807) is 24.3 Å². The number of carbonyl (C=O) groups excluding carboxylic acids is 1. The van der Waals surface area contributed by atoms with Crippen LogP contribution < -0.4 is 11.5 Å². The molecule has 0 amide bonds. The highest BCUT2D eigenvalue weighted by Crippen LogP contribution is 2.21. The Hall–Kier alpha value is -2.53. The van der Waals surface area contributed by atoms with Gasteiger partial charge in [0.2, 0.25) is 0 Å². The van der Waals surface area contributed by atoms with Crippen molar-refractivity contribution in [1.82, 2.24) is 4.98 Å². The fourth-order valence-electron chi connectivity index (χ4n) is 2.00. The molecule has 3 rings (SSSR count). The Morgan fingerprint density at radius 3 is 2.70 bits per heavy atom. The van der Waals surface area contributed by atoms with Crippen LogP contribution in [0.2, 0.25) is 5.02 Å². The van der Waals surface area contributed by atoms with Crippen molar-refractivity contribution in [2.24, 2.45) is 0 Å². The van der Waals surface area contributed by atoms with E-state index in [1.165, 1.54) is 12.1 Å². The van der Waals surface area contributed by atoms with Gasteiger partial charge in [0.15, 0.2) is 11.4 Å². The highest BCUT2D eigenvalue weighted by molar-refractivity contribution is 6.31. The molecular weight excluding hydrogens is 280 g/mol. The summed E-state index contributed by atoms with van der Waals surface area (Å²) in [4.78, 5) is 26.0. The van der Waals surface area contributed by atoms with E-state index in [4.69, 9.17) is 21.8 Å². The van der Waals surface area contributed by atoms with E-state index < -0.39 is 5.76 Å². The highest BCUT2D eigenvalue weighted by Gasteiger charge is 2.12. The maximum atomic E-state index is 12.4. The molecule has 0 unspecified atom stereocenters. The number of aromatic nitrogens is 1. The summed E-state index contributed by atoms with van der Waals surface area (Å²) < 4.78 is 4.93. The van der Waals surface area contributed by atoms with E-state index in [2.05, 4.69) is 4.98 Å². The molecule has 0 radical (unpaired) electrons. The second-order valence-electron chi connectivity index (χ2n) is 4.33. The molecule has 3 N–H and O–H groups in total. The van der Waals surface area contributed by atoms with Gasteiger partial charge in [-0.15, -0.1) is 0 Å². The Kier molecular flexibility index (Phi) is 2.84. The van der Waals surface area contributed by atoms with Gasteiger partial charge in [-0.2, -0.15) is 0 Å². The van der Waals surface area contributed by atoms with Gasteiger partial charge in [0.25, 0.3) is 0 Å². The van der Waals surface area contributed by atoms with Crippen LogP contribution in [-0.2, 0) is 0 Å². The first-order valence-electron chi connectivity index (χ1n) is 5.76. The Bertz CT molecular complexity index is 859. The van der Waals surface area contributed by atoms with E-state index in [-0.39, 0.29) is 5.78 Å². The predicted octanol–water partition coefficient (Wildman–Crippen LogP) is 2.59. The summed E-state index contributed by atoms with van der Waals surface area (Å²) in [6.07, 6.45) is 0. The summed E-state index contributed by atoms with van der Waals surface area (Å²) in [7, 11) is 0. The number of anilines is 1. The zero-order valence-electron chi connectivity index (χ0n) is 10.1. The topological polar surface area (TPSA) is 89.1 Å². The average molecular weight is 289 g/mol. The third-order valence-corrected chi connectivity index (χ3v) is 3.08. The molecule has 3 aromatic rings. The van der Waals surface area contributed by atoms with Crippen molar-refractivity contribution in [3.05, 3.63) is 63.1 Å². The molecule has 5 nitrogen and oxygen atoms in total. The van der Waals surface area contributed by atoms with Crippen molar-refractivity contribution in [2.75, 3.05) is 5.73 Å². The molecule has 0 bridgehead atoms. The van der Waals surface area contributed by atoms with E-state index in [0.717, 1.165) is 0 Å². The van der Waals surface area contributed by atoms with Crippen LogP contribution in [-0.4, -0.2) is 10.8 Å². The van der Waals surface area contributed by atoms with E-state index in [9.17, 15) is 9.59 Å². The molecule has 0 aliphatic rings. The summed E-state index contributed by atoms with van der Waals surface area (Å²) >= 11 is 5.88. The Balaban J connectivity index is 2.09. The Labute approximate surface area is 118 Å². The molecule has 0 atom stereocenters. The number of rotatable bonds is 2. The lowest BCUT2D eigenvalue weighted by Gasteiger charge is -2.03. The molecule has 0 fully saturated rings. The van der Waals surface area contributed by atoms with Gasteiger partial charge in [-0.05, 0) is 36.4 Å². The van der Waals surface area contributed by atoms with Gasteiger partial charge in [0.1, 0.15) is 0 Å². The van der Waals surface area contributed by atoms with Crippen LogP contribution in [0.1, 0.15) is 15.9 Å². The van der Waals surface area contributed by atoms with Gasteiger partial charge in [-0.25, -0.2) is 4.79 Å². The Morgan fingerprint density at radius 1 is 1.15 bits per heavy atom. The monoisotopic (exact) mass is 288 g/mol. The van der Waals surface area contributed by atoms with Crippen molar-refractivity contribution >= 4 is 34.2 Å². The van der Waals surface area contributed by atoms with Crippen LogP contribution in [0.5, 0.6) is 0 Å². The number of carbonyl (C=O) groups is 1. The first kappa shape index (κ1) is 12.5. The molecule has 2 aromatic carbocycles. The number of oxazole rings is 1. The number of nitrogen functional groups attached to an aromatic ring is 1. The van der Waals surface area contributed by atoms with Crippen LogP contribution in [0.3, 0.4) is 0 Å². The number of benzene rings is 2. The smallest absolute Gasteiger partial charge is 0.408 e. The number of ketones is 1. The summed E-state index contributed by atoms with van der Waals surface area (Å²) in [6.45, 7) is 0. The largest absolute Gasteiger partial charge is 0.417 e. The quantitative estimate of drug-likeness (QED) is 0.560. The molecule has 6 heteroatoms. The summed E-state index contributed by atoms with van der Waals surface area (Å²) in [5, 5.41) is 0.391. The van der Waals surface area contributed by atoms with Gasteiger partial charge < -0.3 is 10.2 Å². The SMILES string of the molecule is Nc1cc(Cl)cc(C(=O)c2ccc3[nH]c(=O)oc3c2)c1. The summed E-state index contributed by atoms with van der Waals surface area (Å²) in [6, 6.07) is 9.37. The average Bonchev–Trinajstić information content (AvgIpc) is 2.75. The first-order valence-corrected chi connectivity index (χ1v) is 6.14. The first-order chi connectivity index (χ1) is 9.52. The zero-order valence-corrected chi connectivity index (χ0v) is 10.9. The van der Waals surface area contributed by atoms with Crippen LogP contribution in [0, 0.1) is 0 Å². The molecule has 0 aliphatic carbocycles. The number of H-pyrrole nitrogens is 1. The lowest BCUT2D eigenvalue weighted by molar-refractivity contribution is 0.103. The third-order valence-electron chi connectivity index (χ3n) is 2.87. The normalized spacial score (nSPS) is 10.8. The van der Waals surface area contributed by atoms with Gasteiger partial charge >= 0.3 is 5.76 Å². The minimum absolute atomic E-state index is 0.245. The summed E-state index contributed by atoms with van der Waals surface area (Å²) in [5.41, 5.74) is 7.72. The maximum absolute atomic E-state index is 12.4. The summed E-state index contributed by atoms with van der Waals surface area (Å²) in [5.74, 6) is -0.804. The van der Waals surface area contributed by atoms with Crippen molar-refractivity contribution in [3.8, 4) is 0 Å². The standard InChI is InChI=1S/C14H9ClN2O3/c15-9-3-8(4-10(16)6-9)13(18)7-1-2-11-12(5-7)20-14(19)17-11/h1-6H,16H2,(H,17,19). The fraction of sp³-hybridized carbons (Fsp3) is 0. The lowest BCUT2D eigenvalue weighted by Crippen LogP contribution is -2.02. The Morgan fingerprint density at radius 2 is 1.95 bits per heavy atom. The predicted molar refractivity (Wildman–Crippen MR) is 76.1 cm³/mol. The molecule has 1 heterocycles. The van der Waals surface area contributed by atoms with Gasteiger partial charge in [-0.1, -0.05) is 11.6 Å². The maximum Gasteiger partial charge on any atom is 0.417 e. The molecule has 20 heavy (non-hydrogen) atoms. The second kappa shape index (κ2) is 4.54. The zero-order chi connectivity index (χ0) is 14.3. The van der Waals surface area contributed by atoms with Crippen molar-refractivity contribution in [3.63, 3.8) is 0 Å². The number of halogens is 1. The number of fused-ring (bicyclic) bond motifs is 1. The molecule has 100 valence electrons. The molecule has 0 spiro atoms. The van der Waals surface area contributed by atoms with E-state index in [0.29, 0.717) is 32.9 Å². The number of hydrogen-bond donors (Lipinski definition) is 2. The minimum Gasteiger partial charge on any atom is -0.408 e. The van der Waals surface area contributed by atoms with Crippen molar-refractivity contribution < 1.29 is 9.21 Å². The van der Waals surface area contributed by atoms with E-state index >= 15 is 0 Å². The van der Waals surface area contributed by atoms with Gasteiger partial charge in [0.05, 0.1) is 5.52 Å². The van der Waals surface area contributed by atoms with Crippen LogP contribution in [0.25, 0.3) is 11.1 Å². The molecular formula is C14H9ClN2O3. The van der Waals surface area contributed by atoms with Crippen LogP contribution in [0.15, 0.2) is 45.6 Å². The molecule has 0 saturated heterocycles. The second-order valence-corrected chi connectivity index (χ2v) is 4.76. The number of nitrogens with one attached hydrogen (secondary N) is 1. The fourth-order valence-corrected chi connectivity index (χ4v) is 2.24. The van der Waals surface area contributed by atoms with Gasteiger partial charge in [0, 0.05) is 21.8 Å². The minimum atomic E-state index is -0.559. The highest BCUT2D eigenvalue weighted by atomic mass is 35.5. The van der Waals surface area contributed by atoms with E-state index in [1.807, 2.05) is 0 Å². The molecule has 0 saturated carbocycles. The molecule has 0 aliphatic heterocycles.